The van der Waals surface area contributed by atoms with Crippen molar-refractivity contribution in [3.8, 4) is 0 Å². The largest absolute Gasteiger partial charge is 0.397 e. The van der Waals surface area contributed by atoms with Crippen molar-refractivity contribution in [2.75, 3.05) is 30.3 Å². The molecule has 6 rings (SSSR count). The van der Waals surface area contributed by atoms with Crippen LogP contribution in [0.15, 0.2) is 24.3 Å². The molecular formula is C26H32N6O3S. The minimum Gasteiger partial charge on any atom is -0.397 e. The number of nitrogens with one attached hydrogen (secondary N) is 1. The van der Waals surface area contributed by atoms with E-state index < -0.39 is 5.79 Å². The van der Waals surface area contributed by atoms with Crippen LogP contribution in [0.5, 0.6) is 0 Å². The lowest BCUT2D eigenvalue weighted by Gasteiger charge is -2.28. The molecule has 3 unspecified atom stereocenters. The van der Waals surface area contributed by atoms with Gasteiger partial charge >= 0.3 is 0 Å². The highest BCUT2D eigenvalue weighted by Gasteiger charge is 2.55. The Hall–Kier alpha value is -2.79. The van der Waals surface area contributed by atoms with E-state index >= 15 is 0 Å². The highest BCUT2D eigenvalue weighted by Crippen LogP contribution is 2.39. The number of rotatable bonds is 3. The molecule has 0 aromatic carbocycles. The third kappa shape index (κ3) is 4.02. The van der Waals surface area contributed by atoms with E-state index in [1.165, 1.54) is 11.3 Å². The fourth-order valence-electron chi connectivity index (χ4n) is 5.49. The number of amides is 1. The van der Waals surface area contributed by atoms with Gasteiger partial charge in [-0.25, -0.2) is 9.97 Å². The van der Waals surface area contributed by atoms with Gasteiger partial charge in [-0.15, -0.1) is 11.3 Å². The lowest BCUT2D eigenvalue weighted by molar-refractivity contribution is -0.173. The minimum atomic E-state index is -0.779. The molecule has 2 fully saturated rings. The monoisotopic (exact) mass is 508 g/mol. The molecule has 9 nitrogen and oxygen atoms in total. The molecule has 1 aliphatic carbocycles. The summed E-state index contributed by atoms with van der Waals surface area (Å²) in [6, 6.07) is 7.79. The van der Waals surface area contributed by atoms with Crippen molar-refractivity contribution < 1.29 is 14.3 Å². The van der Waals surface area contributed by atoms with Crippen LogP contribution in [-0.2, 0) is 22.3 Å². The Morgan fingerprint density at radius 3 is 2.86 bits per heavy atom. The zero-order chi connectivity index (χ0) is 25.2. The van der Waals surface area contributed by atoms with E-state index in [2.05, 4.69) is 21.3 Å². The number of ether oxygens (including phenoxy) is 2. The number of hydrogen-bond acceptors (Lipinski definition) is 9. The van der Waals surface area contributed by atoms with Crippen LogP contribution in [0.25, 0.3) is 10.2 Å². The highest BCUT2D eigenvalue weighted by atomic mass is 32.1. The third-order valence-electron chi connectivity index (χ3n) is 7.35. The summed E-state index contributed by atoms with van der Waals surface area (Å²) < 4.78 is 12.3. The van der Waals surface area contributed by atoms with E-state index in [0.717, 1.165) is 52.2 Å². The van der Waals surface area contributed by atoms with Crippen LogP contribution < -0.4 is 21.7 Å². The Bertz CT molecular complexity index is 1360. The average molecular weight is 509 g/mol. The second-order valence-electron chi connectivity index (χ2n) is 10.8. The molecule has 0 radical (unpaired) electrons. The first-order chi connectivity index (χ1) is 17.1. The predicted molar refractivity (Wildman–Crippen MR) is 140 cm³/mol. The molecule has 1 spiro atoms. The maximum Gasteiger partial charge on any atom is 0.263 e. The number of carbonyl (C=O) groups is 1. The number of fused-ring (bicyclic) bond motifs is 2. The van der Waals surface area contributed by atoms with E-state index in [9.17, 15) is 4.79 Å². The molecule has 3 aromatic heterocycles. The summed E-state index contributed by atoms with van der Waals surface area (Å²) in [5, 5.41) is 4.02. The number of thiophene rings is 1. The van der Waals surface area contributed by atoms with Crippen molar-refractivity contribution in [2.24, 2.45) is 5.73 Å². The topological polar surface area (TPSA) is 129 Å². The summed E-state index contributed by atoms with van der Waals surface area (Å²) in [5.41, 5.74) is 16.0. The molecule has 2 saturated heterocycles. The number of nitrogen functional groups attached to an aromatic ring is 1. The maximum atomic E-state index is 13.1. The Morgan fingerprint density at radius 2 is 2.08 bits per heavy atom. The molecular weight excluding hydrogens is 476 g/mol. The molecule has 3 aliphatic rings. The Morgan fingerprint density at radius 1 is 1.25 bits per heavy atom. The highest BCUT2D eigenvalue weighted by molar-refractivity contribution is 7.21. The van der Waals surface area contributed by atoms with E-state index in [4.69, 9.17) is 25.9 Å². The standard InChI is InChI=1S/C26H32N6O3S/c1-14-4-7-17-21(28)22(36-24(17)29-14)23(33)30-16-6-8-18-15(10-16)5-9-20(31-18)32-11-19(27)26(12-32)34-13-25(2,3)35-26/h4-5,7,9,16,19H,6,8,10-13,27-28H2,1-3H3,(H,30,33). The first-order valence-electron chi connectivity index (χ1n) is 12.4. The molecule has 10 heteroatoms. The Balaban J connectivity index is 1.14. The SMILES string of the molecule is Cc1ccc2c(N)c(C(=O)NC3CCc4nc(N5CC(N)C6(C5)OCC(C)(C)O6)ccc4C3)sc2n1. The van der Waals surface area contributed by atoms with Crippen molar-refractivity contribution in [3.05, 3.63) is 46.1 Å². The first kappa shape index (κ1) is 23.6. The number of hydrogen-bond donors (Lipinski definition) is 3. The Kier molecular flexibility index (Phi) is 5.49. The summed E-state index contributed by atoms with van der Waals surface area (Å²) >= 11 is 1.35. The predicted octanol–water partition coefficient (Wildman–Crippen LogP) is 2.54. The van der Waals surface area contributed by atoms with Gasteiger partial charge in [-0.2, -0.15) is 0 Å². The minimum absolute atomic E-state index is 0.0305. The van der Waals surface area contributed by atoms with Crippen LogP contribution in [0.3, 0.4) is 0 Å². The van der Waals surface area contributed by atoms with Gasteiger partial charge in [0.05, 0.1) is 30.5 Å². The molecule has 3 atom stereocenters. The van der Waals surface area contributed by atoms with Crippen LogP contribution in [0, 0.1) is 6.92 Å². The molecule has 5 heterocycles. The van der Waals surface area contributed by atoms with Crippen molar-refractivity contribution in [1.82, 2.24) is 15.3 Å². The van der Waals surface area contributed by atoms with Crippen LogP contribution in [-0.4, -0.2) is 59.0 Å². The fraction of sp³-hybridized carbons (Fsp3) is 0.500. The van der Waals surface area contributed by atoms with E-state index in [1.807, 2.05) is 39.0 Å². The maximum absolute atomic E-state index is 13.1. The van der Waals surface area contributed by atoms with E-state index in [1.54, 1.807) is 0 Å². The van der Waals surface area contributed by atoms with Crippen LogP contribution in [0.1, 0.15) is 46.9 Å². The average Bonchev–Trinajstić information content (AvgIpc) is 3.45. The smallest absolute Gasteiger partial charge is 0.263 e. The van der Waals surface area contributed by atoms with Gasteiger partial charge in [0.25, 0.3) is 5.91 Å². The van der Waals surface area contributed by atoms with Gasteiger partial charge in [0.1, 0.15) is 15.5 Å². The summed E-state index contributed by atoms with van der Waals surface area (Å²) in [5.74, 6) is -0.0256. The van der Waals surface area contributed by atoms with Gasteiger partial charge < -0.3 is 31.2 Å². The van der Waals surface area contributed by atoms with Gasteiger partial charge in [-0.3, -0.25) is 4.79 Å². The second kappa shape index (κ2) is 8.37. The molecule has 2 aliphatic heterocycles. The normalized spacial score (nSPS) is 27.1. The van der Waals surface area contributed by atoms with E-state index in [0.29, 0.717) is 30.3 Å². The number of nitrogens with zero attached hydrogens (tertiary/aromatic N) is 3. The summed E-state index contributed by atoms with van der Waals surface area (Å²) in [6.07, 6.45) is 2.35. The number of aryl methyl sites for hydroxylation is 2. The van der Waals surface area contributed by atoms with Crippen molar-refractivity contribution in [1.29, 1.82) is 0 Å². The van der Waals surface area contributed by atoms with Gasteiger partial charge in [0.15, 0.2) is 0 Å². The fourth-order valence-corrected chi connectivity index (χ4v) is 6.53. The zero-order valence-electron chi connectivity index (χ0n) is 20.8. The van der Waals surface area contributed by atoms with Gasteiger partial charge in [0, 0.05) is 29.4 Å². The van der Waals surface area contributed by atoms with Crippen molar-refractivity contribution in [3.63, 3.8) is 0 Å². The molecule has 36 heavy (non-hydrogen) atoms. The summed E-state index contributed by atoms with van der Waals surface area (Å²) in [6.45, 7) is 7.70. The molecule has 1 amide bonds. The number of nitrogens with two attached hydrogens (primary N) is 2. The van der Waals surface area contributed by atoms with Gasteiger partial charge in [0.2, 0.25) is 5.79 Å². The quantitative estimate of drug-likeness (QED) is 0.492. The Labute approximate surface area is 214 Å². The molecule has 0 bridgehead atoms. The molecule has 0 saturated carbocycles. The zero-order valence-corrected chi connectivity index (χ0v) is 21.7. The second-order valence-corrected chi connectivity index (χ2v) is 11.8. The van der Waals surface area contributed by atoms with Crippen LogP contribution >= 0.6 is 11.3 Å². The lowest BCUT2D eigenvalue weighted by Crippen LogP contribution is -2.49. The number of anilines is 2. The van der Waals surface area contributed by atoms with Crippen molar-refractivity contribution in [2.45, 2.75) is 63.5 Å². The van der Waals surface area contributed by atoms with Crippen molar-refractivity contribution >= 4 is 39.0 Å². The lowest BCUT2D eigenvalue weighted by atomic mass is 9.91. The van der Waals surface area contributed by atoms with Crippen LogP contribution in [0.4, 0.5) is 11.5 Å². The summed E-state index contributed by atoms with van der Waals surface area (Å²) in [4.78, 5) is 26.0. The van der Waals surface area contributed by atoms with E-state index in [-0.39, 0.29) is 23.6 Å². The van der Waals surface area contributed by atoms with Gasteiger partial charge in [-0.05, 0) is 63.8 Å². The third-order valence-corrected chi connectivity index (χ3v) is 8.47. The summed E-state index contributed by atoms with van der Waals surface area (Å²) in [7, 11) is 0. The number of pyridine rings is 2. The number of aromatic nitrogens is 2. The molecule has 3 aromatic rings. The van der Waals surface area contributed by atoms with Crippen LogP contribution in [0.2, 0.25) is 0 Å². The molecule has 190 valence electrons. The first-order valence-corrected chi connectivity index (χ1v) is 13.2. The number of carbonyl (C=O) groups excluding carboxylic acids is 1. The molecule has 5 N–H and O–H groups in total. The van der Waals surface area contributed by atoms with Gasteiger partial charge in [-0.1, -0.05) is 6.07 Å².